The Kier molecular flexibility index (Phi) is 9.12. The van der Waals surface area contributed by atoms with E-state index >= 15 is 0 Å². The molecule has 1 fully saturated rings. The standard InChI is InChI=1S/C26H16Cl5N3O6/c1-39-21-8-12(7-20(31)23(21)40-11-22(35)32-13-2-4-16(27)18(29)9-13)6-15-24(36)33-26(38)34(25(15)37)14-3-5-17(28)19(30)10-14/h2-10H,11H2,1H3,(H,32,35)(H,33,36,38)/b15-6-. The van der Waals surface area contributed by atoms with Crippen molar-refractivity contribution in [1.82, 2.24) is 5.32 Å². The number of nitrogens with one attached hydrogen (secondary N) is 2. The summed E-state index contributed by atoms with van der Waals surface area (Å²) in [6.07, 6.45) is 1.23. The van der Waals surface area contributed by atoms with Gasteiger partial charge in [0.15, 0.2) is 18.1 Å². The smallest absolute Gasteiger partial charge is 0.335 e. The molecule has 1 heterocycles. The second-order valence-electron chi connectivity index (χ2n) is 8.06. The van der Waals surface area contributed by atoms with E-state index in [1.54, 1.807) is 6.07 Å². The summed E-state index contributed by atoms with van der Waals surface area (Å²) in [5.41, 5.74) is 0.426. The van der Waals surface area contributed by atoms with Crippen LogP contribution >= 0.6 is 58.0 Å². The molecular weight excluding hydrogens is 628 g/mol. The highest BCUT2D eigenvalue weighted by molar-refractivity contribution is 6.43. The van der Waals surface area contributed by atoms with E-state index in [9.17, 15) is 19.2 Å². The van der Waals surface area contributed by atoms with Crippen LogP contribution in [0.1, 0.15) is 5.56 Å². The summed E-state index contributed by atoms with van der Waals surface area (Å²) in [7, 11) is 1.34. The highest BCUT2D eigenvalue weighted by atomic mass is 35.5. The van der Waals surface area contributed by atoms with Crippen molar-refractivity contribution in [3.05, 3.63) is 84.8 Å². The molecule has 0 bridgehead atoms. The van der Waals surface area contributed by atoms with E-state index in [1.165, 1.54) is 55.7 Å². The zero-order valence-electron chi connectivity index (χ0n) is 20.2. The molecule has 0 spiro atoms. The lowest BCUT2D eigenvalue weighted by atomic mass is 10.1. The number of urea groups is 1. The molecule has 0 aliphatic carbocycles. The minimum atomic E-state index is -0.955. The van der Waals surface area contributed by atoms with Crippen molar-refractivity contribution in [2.24, 2.45) is 0 Å². The van der Waals surface area contributed by atoms with E-state index in [0.717, 1.165) is 4.90 Å². The third kappa shape index (κ3) is 6.46. The predicted molar refractivity (Wildman–Crippen MR) is 154 cm³/mol. The molecule has 1 saturated heterocycles. The first kappa shape index (κ1) is 29.5. The van der Waals surface area contributed by atoms with Gasteiger partial charge in [-0.25, -0.2) is 9.69 Å². The van der Waals surface area contributed by atoms with Gasteiger partial charge >= 0.3 is 6.03 Å². The molecule has 0 radical (unpaired) electrons. The van der Waals surface area contributed by atoms with E-state index < -0.39 is 30.4 Å². The molecule has 206 valence electrons. The Labute approximate surface area is 252 Å². The lowest BCUT2D eigenvalue weighted by Crippen LogP contribution is -2.54. The minimum Gasteiger partial charge on any atom is -0.493 e. The summed E-state index contributed by atoms with van der Waals surface area (Å²) in [6.45, 7) is -0.432. The van der Waals surface area contributed by atoms with Crippen LogP contribution in [0.2, 0.25) is 25.1 Å². The van der Waals surface area contributed by atoms with Crippen LogP contribution in [-0.4, -0.2) is 37.5 Å². The monoisotopic (exact) mass is 641 g/mol. The Balaban J connectivity index is 1.56. The first-order chi connectivity index (χ1) is 19.0. The van der Waals surface area contributed by atoms with Crippen molar-refractivity contribution in [3.8, 4) is 11.5 Å². The number of barbiturate groups is 1. The molecule has 14 heteroatoms. The number of anilines is 2. The summed E-state index contributed by atoms with van der Waals surface area (Å²) in [6, 6.07) is 10.6. The van der Waals surface area contributed by atoms with Gasteiger partial charge in [-0.05, 0) is 60.2 Å². The van der Waals surface area contributed by atoms with Gasteiger partial charge in [0.05, 0.1) is 37.9 Å². The van der Waals surface area contributed by atoms with Crippen LogP contribution < -0.4 is 25.0 Å². The quantitative estimate of drug-likeness (QED) is 0.220. The molecule has 40 heavy (non-hydrogen) atoms. The summed E-state index contributed by atoms with van der Waals surface area (Å²) in [4.78, 5) is 51.3. The molecule has 3 aromatic carbocycles. The summed E-state index contributed by atoms with van der Waals surface area (Å²) in [5.74, 6) is -2.17. The molecule has 0 atom stereocenters. The number of benzene rings is 3. The molecule has 5 amide bonds. The van der Waals surface area contributed by atoms with Crippen LogP contribution in [0.4, 0.5) is 16.2 Å². The zero-order chi connectivity index (χ0) is 29.1. The van der Waals surface area contributed by atoms with Crippen molar-refractivity contribution >= 4 is 99.2 Å². The lowest BCUT2D eigenvalue weighted by Gasteiger charge is -2.26. The number of rotatable bonds is 7. The Hall–Kier alpha value is -3.47. The fourth-order valence-corrected chi connectivity index (χ4v) is 4.42. The minimum absolute atomic E-state index is 0.0228. The number of carbonyl (C=O) groups excluding carboxylic acids is 4. The van der Waals surface area contributed by atoms with E-state index in [4.69, 9.17) is 67.5 Å². The number of methoxy groups -OCH3 is 1. The van der Waals surface area contributed by atoms with Gasteiger partial charge in [-0.3, -0.25) is 19.7 Å². The molecule has 0 aromatic heterocycles. The van der Waals surface area contributed by atoms with E-state index in [-0.39, 0.29) is 48.4 Å². The zero-order valence-corrected chi connectivity index (χ0v) is 24.0. The second kappa shape index (κ2) is 12.4. The van der Waals surface area contributed by atoms with Crippen molar-refractivity contribution in [2.45, 2.75) is 0 Å². The molecular formula is C26H16Cl5N3O6. The van der Waals surface area contributed by atoms with E-state index in [2.05, 4.69) is 10.6 Å². The summed E-state index contributed by atoms with van der Waals surface area (Å²) in [5, 5.41) is 5.68. The number of carbonyl (C=O) groups is 4. The number of halogens is 5. The number of hydrogen-bond donors (Lipinski definition) is 2. The normalized spacial score (nSPS) is 14.3. The maximum Gasteiger partial charge on any atom is 0.335 e. The molecule has 1 aliphatic heterocycles. The lowest BCUT2D eigenvalue weighted by molar-refractivity contribution is -0.122. The number of hydrogen-bond acceptors (Lipinski definition) is 6. The highest BCUT2D eigenvalue weighted by Crippen LogP contribution is 2.37. The third-order valence-corrected chi connectivity index (χ3v) is 7.14. The molecule has 1 aliphatic rings. The van der Waals surface area contributed by atoms with Crippen LogP contribution in [0.15, 0.2) is 54.1 Å². The second-order valence-corrected chi connectivity index (χ2v) is 10.1. The predicted octanol–water partition coefficient (Wildman–Crippen LogP) is 6.65. The van der Waals surface area contributed by atoms with Crippen molar-refractivity contribution in [2.75, 3.05) is 23.9 Å². The molecule has 0 saturated carbocycles. The van der Waals surface area contributed by atoms with Crippen molar-refractivity contribution < 1.29 is 28.7 Å². The van der Waals surface area contributed by atoms with Crippen molar-refractivity contribution in [1.29, 1.82) is 0 Å². The Morgan fingerprint density at radius 1 is 0.900 bits per heavy atom. The van der Waals surface area contributed by atoms with Crippen molar-refractivity contribution in [3.63, 3.8) is 0 Å². The van der Waals surface area contributed by atoms with Crippen LogP contribution in [0.5, 0.6) is 11.5 Å². The van der Waals surface area contributed by atoms with Gasteiger partial charge in [0.2, 0.25) is 0 Å². The van der Waals surface area contributed by atoms with Crippen LogP contribution in [-0.2, 0) is 14.4 Å². The molecule has 9 nitrogen and oxygen atoms in total. The SMILES string of the molecule is COc1cc(/C=C2/C(=O)NC(=O)N(c3ccc(Cl)c(Cl)c3)C2=O)cc(Cl)c1OCC(=O)Nc1ccc(Cl)c(Cl)c1. The van der Waals surface area contributed by atoms with Gasteiger partial charge in [0.1, 0.15) is 5.57 Å². The fraction of sp³-hybridized carbons (Fsp3) is 0.0769. The number of ether oxygens (including phenoxy) is 2. The maximum atomic E-state index is 13.2. The van der Waals surface area contributed by atoms with Gasteiger partial charge < -0.3 is 14.8 Å². The first-order valence-electron chi connectivity index (χ1n) is 11.1. The Bertz CT molecular complexity index is 1590. The molecule has 4 rings (SSSR count). The van der Waals surface area contributed by atoms with Gasteiger partial charge in [-0.1, -0.05) is 58.0 Å². The van der Waals surface area contributed by atoms with Gasteiger partial charge in [-0.2, -0.15) is 0 Å². The average molecular weight is 644 g/mol. The third-order valence-electron chi connectivity index (χ3n) is 5.38. The van der Waals surface area contributed by atoms with Crippen LogP contribution in [0.25, 0.3) is 6.08 Å². The van der Waals surface area contributed by atoms with Crippen LogP contribution in [0.3, 0.4) is 0 Å². The Morgan fingerprint density at radius 2 is 1.57 bits per heavy atom. The topological polar surface area (TPSA) is 114 Å². The maximum absolute atomic E-state index is 13.2. The van der Waals surface area contributed by atoms with Crippen LogP contribution in [0, 0.1) is 0 Å². The number of nitrogens with zero attached hydrogens (tertiary/aromatic N) is 1. The van der Waals surface area contributed by atoms with Gasteiger partial charge in [0, 0.05) is 5.69 Å². The van der Waals surface area contributed by atoms with E-state index in [1.807, 2.05) is 0 Å². The van der Waals surface area contributed by atoms with E-state index in [0.29, 0.717) is 10.7 Å². The fourth-order valence-electron chi connectivity index (χ4n) is 3.55. The summed E-state index contributed by atoms with van der Waals surface area (Å²) >= 11 is 30.2. The van der Waals surface area contributed by atoms with Gasteiger partial charge in [0.25, 0.3) is 17.7 Å². The highest BCUT2D eigenvalue weighted by Gasteiger charge is 2.37. The first-order valence-corrected chi connectivity index (χ1v) is 13.0. The number of amides is 5. The average Bonchev–Trinajstić information content (AvgIpc) is 2.89. The number of imide groups is 2. The largest absolute Gasteiger partial charge is 0.493 e. The Morgan fingerprint density at radius 3 is 2.23 bits per heavy atom. The molecule has 0 unspecified atom stereocenters. The molecule has 2 N–H and O–H groups in total. The molecule has 3 aromatic rings. The summed E-state index contributed by atoms with van der Waals surface area (Å²) < 4.78 is 10.9. The van der Waals surface area contributed by atoms with Gasteiger partial charge in [-0.15, -0.1) is 0 Å².